The Morgan fingerprint density at radius 1 is 0.964 bits per heavy atom. The molecular formula is C21H19BrN2O4. The average Bonchev–Trinajstić information content (AvgIpc) is 2.71. The Hall–Kier alpha value is -3.06. The number of amides is 2. The Bertz CT molecular complexity index is 992. The summed E-state index contributed by atoms with van der Waals surface area (Å²) in [4.78, 5) is 24.2. The van der Waals surface area contributed by atoms with Crippen LogP contribution in [0.15, 0.2) is 65.1 Å². The van der Waals surface area contributed by atoms with Crippen molar-refractivity contribution in [1.29, 1.82) is 0 Å². The van der Waals surface area contributed by atoms with Gasteiger partial charge in [-0.15, -0.1) is 0 Å². The minimum absolute atomic E-state index is 0.0575. The quantitative estimate of drug-likeness (QED) is 0.573. The molecule has 0 aromatic heterocycles. The van der Waals surface area contributed by atoms with E-state index in [2.05, 4.69) is 26.8 Å². The van der Waals surface area contributed by atoms with Crippen molar-refractivity contribution >= 4 is 38.5 Å². The van der Waals surface area contributed by atoms with Crippen LogP contribution in [0.1, 0.15) is 5.56 Å². The lowest BCUT2D eigenvalue weighted by Gasteiger charge is -2.13. The van der Waals surface area contributed by atoms with Gasteiger partial charge < -0.3 is 9.47 Å². The number of ether oxygens (including phenoxy) is 2. The van der Waals surface area contributed by atoms with Gasteiger partial charge in [-0.05, 0) is 41.1 Å². The van der Waals surface area contributed by atoms with Crippen LogP contribution < -0.4 is 20.3 Å². The van der Waals surface area contributed by atoms with Crippen molar-refractivity contribution < 1.29 is 19.1 Å². The second-order valence-corrected chi connectivity index (χ2v) is 6.90. The molecule has 28 heavy (non-hydrogen) atoms. The van der Waals surface area contributed by atoms with Gasteiger partial charge in [0.25, 0.3) is 5.91 Å². The fraction of sp³-hybridized carbons (Fsp3) is 0.143. The van der Waals surface area contributed by atoms with E-state index in [-0.39, 0.29) is 18.9 Å². The van der Waals surface area contributed by atoms with E-state index in [4.69, 9.17) is 9.47 Å². The average molecular weight is 443 g/mol. The largest absolute Gasteiger partial charge is 0.496 e. The molecule has 0 aliphatic rings. The summed E-state index contributed by atoms with van der Waals surface area (Å²) in [7, 11) is 1.56. The van der Waals surface area contributed by atoms with Gasteiger partial charge in [0.15, 0.2) is 6.61 Å². The summed E-state index contributed by atoms with van der Waals surface area (Å²) < 4.78 is 11.7. The molecule has 2 N–H and O–H groups in total. The van der Waals surface area contributed by atoms with E-state index in [1.165, 1.54) is 0 Å². The minimum atomic E-state index is -0.453. The maximum atomic E-state index is 12.3. The molecule has 0 atom stereocenters. The highest BCUT2D eigenvalue weighted by molar-refractivity contribution is 9.10. The van der Waals surface area contributed by atoms with Crippen molar-refractivity contribution in [2.75, 3.05) is 13.7 Å². The monoisotopic (exact) mass is 442 g/mol. The summed E-state index contributed by atoms with van der Waals surface area (Å²) in [6.45, 7) is -0.199. The highest BCUT2D eigenvalue weighted by atomic mass is 79.9. The lowest BCUT2D eigenvalue weighted by molar-refractivity contribution is -0.129. The van der Waals surface area contributed by atoms with Crippen molar-refractivity contribution in [2.45, 2.75) is 6.42 Å². The number of benzene rings is 3. The maximum Gasteiger partial charge on any atom is 0.276 e. The van der Waals surface area contributed by atoms with Crippen molar-refractivity contribution in [2.24, 2.45) is 0 Å². The zero-order valence-corrected chi connectivity index (χ0v) is 16.8. The summed E-state index contributed by atoms with van der Waals surface area (Å²) in [6, 6.07) is 18.5. The van der Waals surface area contributed by atoms with Gasteiger partial charge in [-0.1, -0.05) is 46.3 Å². The van der Waals surface area contributed by atoms with Gasteiger partial charge in [-0.3, -0.25) is 20.4 Å². The van der Waals surface area contributed by atoms with Gasteiger partial charge in [-0.2, -0.15) is 0 Å². The Morgan fingerprint density at radius 3 is 2.46 bits per heavy atom. The van der Waals surface area contributed by atoms with E-state index in [1.807, 2.05) is 48.5 Å². The standard InChI is InChI=1S/C21H19BrN2O4/c1-27-19-10-7-14-11-15(22)8-9-17(14)18(19)12-20(25)23-24-21(26)13-28-16-5-3-2-4-6-16/h2-11H,12-13H2,1H3,(H,23,25)(H,24,26). The van der Waals surface area contributed by atoms with Crippen molar-refractivity contribution in [3.05, 3.63) is 70.7 Å². The molecule has 0 saturated carbocycles. The SMILES string of the molecule is COc1ccc2cc(Br)ccc2c1CC(=O)NNC(=O)COc1ccccc1. The van der Waals surface area contributed by atoms with Gasteiger partial charge in [0, 0.05) is 10.0 Å². The zero-order valence-electron chi connectivity index (χ0n) is 15.2. The van der Waals surface area contributed by atoms with Crippen LogP contribution in [-0.4, -0.2) is 25.5 Å². The third-order valence-electron chi connectivity index (χ3n) is 4.06. The lowest BCUT2D eigenvalue weighted by atomic mass is 10.0. The lowest BCUT2D eigenvalue weighted by Crippen LogP contribution is -2.44. The number of para-hydroxylation sites is 1. The normalized spacial score (nSPS) is 10.4. The van der Waals surface area contributed by atoms with E-state index in [9.17, 15) is 9.59 Å². The number of fused-ring (bicyclic) bond motifs is 1. The smallest absolute Gasteiger partial charge is 0.276 e. The maximum absolute atomic E-state index is 12.3. The molecule has 0 bridgehead atoms. The molecule has 0 aliphatic carbocycles. The second-order valence-electron chi connectivity index (χ2n) is 5.99. The molecule has 0 unspecified atom stereocenters. The number of carbonyl (C=O) groups is 2. The molecule has 0 aliphatic heterocycles. The first-order valence-corrected chi connectivity index (χ1v) is 9.37. The number of halogens is 1. The van der Waals surface area contributed by atoms with Crippen molar-refractivity contribution in [3.8, 4) is 11.5 Å². The number of hydrogen-bond donors (Lipinski definition) is 2. The molecule has 0 fully saturated rings. The van der Waals surface area contributed by atoms with E-state index >= 15 is 0 Å². The van der Waals surface area contributed by atoms with Crippen molar-refractivity contribution in [3.63, 3.8) is 0 Å². The molecule has 3 aromatic rings. The number of hydrogen-bond acceptors (Lipinski definition) is 4. The second kappa shape index (κ2) is 9.23. The Morgan fingerprint density at radius 2 is 1.71 bits per heavy atom. The van der Waals surface area contributed by atoms with Crippen molar-refractivity contribution in [1.82, 2.24) is 10.9 Å². The van der Waals surface area contributed by atoms with Crippen LogP contribution in [0.25, 0.3) is 10.8 Å². The Labute approximate surface area is 170 Å². The summed E-state index contributed by atoms with van der Waals surface area (Å²) in [5.41, 5.74) is 5.52. The molecule has 0 saturated heterocycles. The summed E-state index contributed by atoms with van der Waals surface area (Å²) in [6.07, 6.45) is 0.0575. The first-order chi connectivity index (χ1) is 13.6. The summed E-state index contributed by atoms with van der Waals surface area (Å²) in [5, 5.41) is 1.90. The van der Waals surface area contributed by atoms with Crippen LogP contribution in [-0.2, 0) is 16.0 Å². The third-order valence-corrected chi connectivity index (χ3v) is 4.56. The van der Waals surface area contributed by atoms with Crippen LogP contribution in [0, 0.1) is 0 Å². The van der Waals surface area contributed by atoms with E-state index in [0.717, 1.165) is 20.8 Å². The molecule has 3 rings (SSSR count). The van der Waals surface area contributed by atoms with Crippen LogP contribution in [0.5, 0.6) is 11.5 Å². The molecule has 0 heterocycles. The Kier molecular flexibility index (Phi) is 6.49. The van der Waals surface area contributed by atoms with Crippen LogP contribution in [0.3, 0.4) is 0 Å². The first kappa shape index (κ1) is 19.7. The molecule has 0 radical (unpaired) electrons. The highest BCUT2D eigenvalue weighted by Crippen LogP contribution is 2.30. The van der Waals surface area contributed by atoms with Crippen LogP contribution in [0.2, 0.25) is 0 Å². The fourth-order valence-corrected chi connectivity index (χ4v) is 3.14. The number of nitrogens with one attached hydrogen (secondary N) is 2. The van der Waals surface area contributed by atoms with Crippen LogP contribution >= 0.6 is 15.9 Å². The van der Waals surface area contributed by atoms with Gasteiger partial charge in [0.1, 0.15) is 11.5 Å². The first-order valence-electron chi connectivity index (χ1n) is 8.57. The number of carbonyl (C=O) groups excluding carboxylic acids is 2. The number of rotatable bonds is 6. The van der Waals surface area contributed by atoms with E-state index in [0.29, 0.717) is 11.5 Å². The molecule has 144 valence electrons. The zero-order chi connectivity index (χ0) is 19.9. The highest BCUT2D eigenvalue weighted by Gasteiger charge is 2.14. The predicted octanol–water partition coefficient (Wildman–Crippen LogP) is 3.38. The van der Waals surface area contributed by atoms with Crippen LogP contribution in [0.4, 0.5) is 0 Å². The fourth-order valence-electron chi connectivity index (χ4n) is 2.76. The number of methoxy groups -OCH3 is 1. The molecule has 0 spiro atoms. The van der Waals surface area contributed by atoms with E-state index < -0.39 is 5.91 Å². The summed E-state index contributed by atoms with van der Waals surface area (Å²) in [5.74, 6) is 0.382. The third kappa shape index (κ3) is 5.01. The molecule has 3 aromatic carbocycles. The predicted molar refractivity (Wildman–Crippen MR) is 110 cm³/mol. The molecular weight excluding hydrogens is 424 g/mol. The Balaban J connectivity index is 1.60. The summed E-state index contributed by atoms with van der Waals surface area (Å²) >= 11 is 3.45. The van der Waals surface area contributed by atoms with Gasteiger partial charge in [-0.25, -0.2) is 0 Å². The van der Waals surface area contributed by atoms with E-state index in [1.54, 1.807) is 19.2 Å². The molecule has 2 amide bonds. The minimum Gasteiger partial charge on any atom is -0.496 e. The topological polar surface area (TPSA) is 76.7 Å². The molecule has 6 nitrogen and oxygen atoms in total. The van der Waals surface area contributed by atoms with Gasteiger partial charge >= 0.3 is 0 Å². The van der Waals surface area contributed by atoms with Gasteiger partial charge in [0.2, 0.25) is 5.91 Å². The molecule has 7 heteroatoms. The van der Waals surface area contributed by atoms with Gasteiger partial charge in [0.05, 0.1) is 13.5 Å². The number of hydrazine groups is 1.